The quantitative estimate of drug-likeness (QED) is 0.813. The second-order valence-corrected chi connectivity index (χ2v) is 4.20. The summed E-state index contributed by atoms with van der Waals surface area (Å²) in [6.07, 6.45) is 0. The number of nitrogens with one attached hydrogen (secondary N) is 1. The number of amides is 2. The Kier molecular flexibility index (Phi) is 5.68. The standard InChI is InChI=1S/C11H12N2O5S/c1-17-9(14)6-18-8-4-2-7(3-5-8)13-11(16)19-10(12)15/h2-5H,6H2,1H3,(H2,12,15)(H,13,16). The average molecular weight is 284 g/mol. The Labute approximate surface area is 113 Å². The maximum atomic E-state index is 11.2. The fourth-order valence-electron chi connectivity index (χ4n) is 1.07. The van der Waals surface area contributed by atoms with Crippen molar-refractivity contribution in [1.82, 2.24) is 0 Å². The van der Waals surface area contributed by atoms with E-state index in [0.29, 0.717) is 23.2 Å². The number of thioether (sulfide) groups is 1. The van der Waals surface area contributed by atoms with Crippen molar-refractivity contribution in [2.24, 2.45) is 5.73 Å². The summed E-state index contributed by atoms with van der Waals surface area (Å²) in [6.45, 7) is -0.195. The van der Waals surface area contributed by atoms with Crippen LogP contribution < -0.4 is 15.8 Å². The van der Waals surface area contributed by atoms with Crippen molar-refractivity contribution in [1.29, 1.82) is 0 Å². The zero-order valence-corrected chi connectivity index (χ0v) is 10.9. The Morgan fingerprint density at radius 2 is 1.89 bits per heavy atom. The first-order chi connectivity index (χ1) is 9.01. The van der Waals surface area contributed by atoms with E-state index in [2.05, 4.69) is 10.1 Å². The predicted octanol–water partition coefficient (Wildman–Crippen LogP) is 1.58. The zero-order valence-electron chi connectivity index (χ0n) is 10.0. The Morgan fingerprint density at radius 3 is 2.42 bits per heavy atom. The van der Waals surface area contributed by atoms with Gasteiger partial charge in [-0.1, -0.05) is 0 Å². The Morgan fingerprint density at radius 1 is 1.26 bits per heavy atom. The van der Waals surface area contributed by atoms with E-state index in [1.165, 1.54) is 7.11 Å². The van der Waals surface area contributed by atoms with E-state index in [-0.39, 0.29) is 6.61 Å². The van der Waals surface area contributed by atoms with Gasteiger partial charge in [0.15, 0.2) is 6.61 Å². The Bertz CT molecular complexity index is 474. The van der Waals surface area contributed by atoms with Gasteiger partial charge < -0.3 is 20.5 Å². The lowest BCUT2D eigenvalue weighted by atomic mass is 10.3. The van der Waals surface area contributed by atoms with Crippen molar-refractivity contribution < 1.29 is 23.9 Å². The van der Waals surface area contributed by atoms with Gasteiger partial charge >= 0.3 is 5.97 Å². The van der Waals surface area contributed by atoms with Gasteiger partial charge in [-0.2, -0.15) is 0 Å². The van der Waals surface area contributed by atoms with Crippen LogP contribution in [0.4, 0.5) is 15.3 Å². The van der Waals surface area contributed by atoms with Gasteiger partial charge in [0.25, 0.3) is 10.5 Å². The highest BCUT2D eigenvalue weighted by Crippen LogP contribution is 2.17. The molecule has 0 spiro atoms. The number of hydrogen-bond acceptors (Lipinski definition) is 6. The molecule has 0 saturated heterocycles. The van der Waals surface area contributed by atoms with E-state index in [1.807, 2.05) is 0 Å². The SMILES string of the molecule is COC(=O)COc1ccc(NC(=O)SC(N)=O)cc1. The summed E-state index contributed by atoms with van der Waals surface area (Å²) in [5, 5.41) is 1.10. The average Bonchev–Trinajstić information content (AvgIpc) is 2.36. The number of methoxy groups -OCH3 is 1. The topological polar surface area (TPSA) is 108 Å². The number of ether oxygens (including phenoxy) is 2. The van der Waals surface area contributed by atoms with E-state index in [1.54, 1.807) is 24.3 Å². The normalized spacial score (nSPS) is 9.53. The Balaban J connectivity index is 2.49. The molecule has 19 heavy (non-hydrogen) atoms. The van der Waals surface area contributed by atoms with E-state index in [9.17, 15) is 14.4 Å². The largest absolute Gasteiger partial charge is 0.482 e. The minimum atomic E-state index is -0.782. The van der Waals surface area contributed by atoms with Crippen LogP contribution in [-0.2, 0) is 9.53 Å². The predicted molar refractivity (Wildman–Crippen MR) is 70.1 cm³/mol. The smallest absolute Gasteiger partial charge is 0.343 e. The molecule has 3 N–H and O–H groups in total. The highest BCUT2D eigenvalue weighted by Gasteiger charge is 2.07. The summed E-state index contributed by atoms with van der Waals surface area (Å²) >= 11 is 0.367. The van der Waals surface area contributed by atoms with Crippen LogP contribution in [0, 0.1) is 0 Å². The van der Waals surface area contributed by atoms with Crippen molar-refractivity contribution in [3.63, 3.8) is 0 Å². The fraction of sp³-hybridized carbons (Fsp3) is 0.182. The molecule has 0 heterocycles. The maximum absolute atomic E-state index is 11.2. The molecule has 0 aliphatic rings. The van der Waals surface area contributed by atoms with Crippen LogP contribution in [0.2, 0.25) is 0 Å². The van der Waals surface area contributed by atoms with E-state index in [0.717, 1.165) is 0 Å². The molecular weight excluding hydrogens is 272 g/mol. The number of rotatable bonds is 4. The lowest BCUT2D eigenvalue weighted by Gasteiger charge is -2.06. The van der Waals surface area contributed by atoms with Crippen LogP contribution in [0.3, 0.4) is 0 Å². The molecule has 0 saturated carbocycles. The van der Waals surface area contributed by atoms with E-state index >= 15 is 0 Å². The first-order valence-electron chi connectivity index (χ1n) is 5.09. The van der Waals surface area contributed by atoms with Gasteiger partial charge in [-0.3, -0.25) is 9.59 Å². The molecule has 1 aromatic rings. The third kappa shape index (κ3) is 5.77. The first-order valence-corrected chi connectivity index (χ1v) is 5.91. The van der Waals surface area contributed by atoms with Gasteiger partial charge in [-0.15, -0.1) is 0 Å². The second kappa shape index (κ2) is 7.27. The summed E-state index contributed by atoms with van der Waals surface area (Å²) in [5.41, 5.74) is 5.33. The van der Waals surface area contributed by atoms with Crippen molar-refractivity contribution in [2.75, 3.05) is 19.0 Å². The number of carbonyl (C=O) groups is 3. The zero-order chi connectivity index (χ0) is 14.3. The molecule has 0 aromatic heterocycles. The second-order valence-electron chi connectivity index (χ2n) is 3.22. The molecule has 8 heteroatoms. The molecule has 0 atom stereocenters. The number of esters is 1. The number of primary amides is 1. The maximum Gasteiger partial charge on any atom is 0.343 e. The van der Waals surface area contributed by atoms with Gasteiger partial charge in [0, 0.05) is 17.4 Å². The van der Waals surface area contributed by atoms with E-state index < -0.39 is 16.4 Å². The Hall–Kier alpha value is -2.22. The van der Waals surface area contributed by atoms with Gasteiger partial charge in [0.2, 0.25) is 0 Å². The number of carbonyl (C=O) groups excluding carboxylic acids is 3. The molecule has 0 fully saturated rings. The lowest BCUT2D eigenvalue weighted by Crippen LogP contribution is -2.13. The molecule has 0 aliphatic heterocycles. The number of anilines is 1. The number of nitrogens with two attached hydrogens (primary N) is 1. The van der Waals surface area contributed by atoms with Crippen LogP contribution in [0.25, 0.3) is 0 Å². The van der Waals surface area contributed by atoms with Crippen LogP contribution in [0.5, 0.6) is 5.75 Å². The molecule has 0 radical (unpaired) electrons. The van der Waals surface area contributed by atoms with Crippen LogP contribution in [0.15, 0.2) is 24.3 Å². The molecule has 1 aromatic carbocycles. The summed E-state index contributed by atoms with van der Waals surface area (Å²) < 4.78 is 9.53. The molecule has 7 nitrogen and oxygen atoms in total. The van der Waals surface area contributed by atoms with Crippen molar-refractivity contribution in [2.45, 2.75) is 0 Å². The monoisotopic (exact) mass is 284 g/mol. The highest BCUT2D eigenvalue weighted by molar-refractivity contribution is 8.26. The van der Waals surface area contributed by atoms with Crippen LogP contribution >= 0.6 is 11.8 Å². The third-order valence-corrected chi connectivity index (χ3v) is 2.37. The summed E-state index contributed by atoms with van der Waals surface area (Å²) in [5.74, 6) is -0.0406. The van der Waals surface area contributed by atoms with Gasteiger partial charge in [-0.05, 0) is 24.3 Å². The molecule has 0 bridgehead atoms. The highest BCUT2D eigenvalue weighted by atomic mass is 32.2. The molecule has 0 unspecified atom stereocenters. The summed E-state index contributed by atoms with van der Waals surface area (Å²) in [7, 11) is 1.26. The molecule has 1 rings (SSSR count). The summed E-state index contributed by atoms with van der Waals surface area (Å²) in [6, 6.07) is 6.25. The first kappa shape index (κ1) is 14.8. The third-order valence-electron chi connectivity index (χ3n) is 1.88. The van der Waals surface area contributed by atoms with Crippen molar-refractivity contribution in [3.05, 3.63) is 24.3 Å². The van der Waals surface area contributed by atoms with Crippen LogP contribution in [0.1, 0.15) is 0 Å². The van der Waals surface area contributed by atoms with Gasteiger partial charge in [-0.25, -0.2) is 4.79 Å². The van der Waals surface area contributed by atoms with Crippen molar-refractivity contribution >= 4 is 33.9 Å². The fourth-order valence-corrected chi connectivity index (χ4v) is 1.42. The molecule has 102 valence electrons. The number of hydrogen-bond donors (Lipinski definition) is 2. The van der Waals surface area contributed by atoms with E-state index in [4.69, 9.17) is 10.5 Å². The van der Waals surface area contributed by atoms with Crippen molar-refractivity contribution in [3.8, 4) is 5.75 Å². The minimum Gasteiger partial charge on any atom is -0.482 e. The van der Waals surface area contributed by atoms with Crippen LogP contribution in [-0.4, -0.2) is 30.2 Å². The minimum absolute atomic E-state index is 0.195. The lowest BCUT2D eigenvalue weighted by molar-refractivity contribution is -0.142. The summed E-state index contributed by atoms with van der Waals surface area (Å²) in [4.78, 5) is 32.6. The molecule has 0 aliphatic carbocycles. The molecule has 2 amide bonds. The van der Waals surface area contributed by atoms with Gasteiger partial charge in [0.1, 0.15) is 5.75 Å². The molecular formula is C11H12N2O5S. The van der Waals surface area contributed by atoms with Gasteiger partial charge in [0.05, 0.1) is 7.11 Å². The number of benzene rings is 1.